The van der Waals surface area contributed by atoms with E-state index in [1.807, 2.05) is 6.08 Å². The van der Waals surface area contributed by atoms with Gasteiger partial charge in [-0.1, -0.05) is 219 Å². The molecule has 0 saturated carbocycles. The zero-order valence-corrected chi connectivity index (χ0v) is 42.6. The fraction of sp³-hybridized carbons (Fsp3) is 0.644. The van der Waals surface area contributed by atoms with E-state index < -0.39 is 49.5 Å². The van der Waals surface area contributed by atoms with E-state index in [9.17, 15) is 30.3 Å². The Morgan fingerprint density at radius 3 is 1.34 bits per heavy atom. The van der Waals surface area contributed by atoms with Crippen LogP contribution in [-0.2, 0) is 14.3 Å². The molecule has 9 nitrogen and oxygen atoms in total. The third-order valence-electron chi connectivity index (χ3n) is 11.8. The van der Waals surface area contributed by atoms with E-state index in [1.54, 1.807) is 6.08 Å². The molecule has 0 aromatic carbocycles. The van der Waals surface area contributed by atoms with Gasteiger partial charge in [0.15, 0.2) is 6.29 Å². The number of amides is 1. The number of unbranched alkanes of at least 4 members (excludes halogenated alkanes) is 15. The van der Waals surface area contributed by atoms with Gasteiger partial charge in [-0.25, -0.2) is 0 Å². The highest BCUT2D eigenvalue weighted by Crippen LogP contribution is 2.22. The molecule has 386 valence electrons. The van der Waals surface area contributed by atoms with Crippen LogP contribution in [0.2, 0.25) is 0 Å². The summed E-state index contributed by atoms with van der Waals surface area (Å²) < 4.78 is 11.1. The van der Waals surface area contributed by atoms with E-state index in [1.165, 1.54) is 70.6 Å². The van der Waals surface area contributed by atoms with Crippen LogP contribution in [0, 0.1) is 0 Å². The Kier molecular flexibility index (Phi) is 43.5. The SMILES string of the molecule is CC/C=C\C/C=C\C/C=C\C/C=C\C/C=C\C/C=C\C/C=C\C/C=C\C/C=C\CCCCCCCCCCCCCCCC(=O)NC(COC1OC(CO)C(O)C(O)C1O)C(O)/C=C/CCCC. The average molecular weight is 948 g/mol. The number of carbonyl (C=O) groups excluding carboxylic acids is 1. The lowest BCUT2D eigenvalue weighted by molar-refractivity contribution is -0.302. The molecule has 0 aliphatic carbocycles. The van der Waals surface area contributed by atoms with E-state index in [2.05, 4.69) is 129 Å². The van der Waals surface area contributed by atoms with Crippen molar-refractivity contribution < 1.29 is 39.8 Å². The van der Waals surface area contributed by atoms with Gasteiger partial charge < -0.3 is 40.3 Å². The molecule has 1 fully saturated rings. The first-order valence-electron chi connectivity index (χ1n) is 26.8. The van der Waals surface area contributed by atoms with Crippen LogP contribution in [-0.4, -0.2) is 87.5 Å². The number of ether oxygens (including phenoxy) is 2. The number of hydrogen-bond acceptors (Lipinski definition) is 8. The van der Waals surface area contributed by atoms with Gasteiger partial charge in [-0.3, -0.25) is 4.79 Å². The van der Waals surface area contributed by atoms with E-state index in [0.717, 1.165) is 96.3 Å². The van der Waals surface area contributed by atoms with Crippen LogP contribution in [0.1, 0.15) is 187 Å². The Bertz CT molecular complexity index is 1470. The van der Waals surface area contributed by atoms with Gasteiger partial charge in [0.05, 0.1) is 25.4 Å². The number of allylic oxidation sites excluding steroid dienone is 19. The first kappa shape index (κ1) is 62.6. The van der Waals surface area contributed by atoms with Crippen LogP contribution in [0.5, 0.6) is 0 Å². The fourth-order valence-electron chi connectivity index (χ4n) is 7.54. The summed E-state index contributed by atoms with van der Waals surface area (Å²) in [6.45, 7) is 3.48. The van der Waals surface area contributed by atoms with Gasteiger partial charge in [0.2, 0.25) is 5.91 Å². The van der Waals surface area contributed by atoms with Crippen LogP contribution in [0.4, 0.5) is 0 Å². The van der Waals surface area contributed by atoms with Crippen molar-refractivity contribution in [3.05, 3.63) is 122 Å². The van der Waals surface area contributed by atoms with Crippen LogP contribution in [0.25, 0.3) is 0 Å². The van der Waals surface area contributed by atoms with E-state index >= 15 is 0 Å². The number of rotatable bonds is 43. The Morgan fingerprint density at radius 2 is 0.912 bits per heavy atom. The second-order valence-corrected chi connectivity index (χ2v) is 17.9. The average Bonchev–Trinajstić information content (AvgIpc) is 3.34. The highest BCUT2D eigenvalue weighted by Gasteiger charge is 2.44. The summed E-state index contributed by atoms with van der Waals surface area (Å²) in [6.07, 6.45) is 64.9. The molecule has 1 amide bonds. The van der Waals surface area contributed by atoms with E-state index in [4.69, 9.17) is 9.47 Å². The number of carbonyl (C=O) groups is 1. The molecule has 7 atom stereocenters. The summed E-state index contributed by atoms with van der Waals surface area (Å²) in [5.74, 6) is -0.193. The summed E-state index contributed by atoms with van der Waals surface area (Å²) in [5, 5.41) is 53.6. The molecule has 1 saturated heterocycles. The van der Waals surface area contributed by atoms with Crippen molar-refractivity contribution in [2.24, 2.45) is 0 Å². The minimum Gasteiger partial charge on any atom is -0.394 e. The van der Waals surface area contributed by atoms with E-state index in [-0.39, 0.29) is 12.5 Å². The molecule has 0 spiro atoms. The summed E-state index contributed by atoms with van der Waals surface area (Å²) >= 11 is 0. The lowest BCUT2D eigenvalue weighted by Crippen LogP contribution is -2.60. The monoisotopic (exact) mass is 948 g/mol. The number of aliphatic hydroxyl groups is 5. The maximum atomic E-state index is 12.8. The normalized spacial score (nSPS) is 20.6. The van der Waals surface area contributed by atoms with Gasteiger partial charge in [0.25, 0.3) is 0 Å². The Balaban J connectivity index is 2.00. The van der Waals surface area contributed by atoms with Crippen LogP contribution >= 0.6 is 0 Å². The summed E-state index contributed by atoms with van der Waals surface area (Å²) in [7, 11) is 0. The number of nitrogens with one attached hydrogen (secondary N) is 1. The van der Waals surface area contributed by atoms with Crippen molar-refractivity contribution >= 4 is 5.91 Å². The number of hydrogen-bond donors (Lipinski definition) is 6. The Morgan fingerprint density at radius 1 is 0.515 bits per heavy atom. The summed E-state index contributed by atoms with van der Waals surface area (Å²) in [5.41, 5.74) is 0. The Labute approximate surface area is 414 Å². The largest absolute Gasteiger partial charge is 0.394 e. The van der Waals surface area contributed by atoms with Gasteiger partial charge in [0.1, 0.15) is 24.4 Å². The van der Waals surface area contributed by atoms with Crippen molar-refractivity contribution in [2.45, 2.75) is 230 Å². The maximum absolute atomic E-state index is 12.8. The van der Waals surface area contributed by atoms with Gasteiger partial charge in [-0.05, 0) is 83.5 Å². The quantitative estimate of drug-likeness (QED) is 0.0261. The highest BCUT2D eigenvalue weighted by molar-refractivity contribution is 5.76. The smallest absolute Gasteiger partial charge is 0.220 e. The van der Waals surface area contributed by atoms with Gasteiger partial charge in [-0.2, -0.15) is 0 Å². The standard InChI is InChI=1S/C59H97NO8/c1-3-5-7-9-10-11-12-13-14-15-16-17-18-19-20-21-22-23-24-25-26-27-28-29-30-31-32-33-34-35-36-37-38-39-40-41-42-43-44-45-47-49-55(63)60-52(53(62)48-46-8-6-4-2)51-67-59-58(66)57(65)56(64)54(50-61)68-59/h5,7,10-11,13-14,16-17,19-20,22-23,25-26,28-29,31-32,46,48,52-54,56-59,61-62,64-66H,3-4,6,8-9,12,15,18,21,24,27,30,33-45,47,49-51H2,1-2H3,(H,60,63)/b7-5-,11-10-,14-13-,17-16-,20-19-,23-22-,26-25-,29-28-,32-31-,48-46+. The molecule has 0 bridgehead atoms. The second kappa shape index (κ2) is 47.3. The molecule has 7 unspecified atom stereocenters. The molecule has 1 heterocycles. The van der Waals surface area contributed by atoms with Crippen LogP contribution in [0.15, 0.2) is 122 Å². The topological polar surface area (TPSA) is 149 Å². The zero-order chi connectivity index (χ0) is 49.4. The van der Waals surface area contributed by atoms with Crippen molar-refractivity contribution in [1.82, 2.24) is 5.32 Å². The number of aliphatic hydroxyl groups excluding tert-OH is 5. The van der Waals surface area contributed by atoms with Crippen molar-refractivity contribution in [3.8, 4) is 0 Å². The third-order valence-corrected chi connectivity index (χ3v) is 11.8. The van der Waals surface area contributed by atoms with Crippen molar-refractivity contribution in [3.63, 3.8) is 0 Å². The minimum absolute atomic E-state index is 0.193. The predicted octanol–water partition coefficient (Wildman–Crippen LogP) is 12.8. The van der Waals surface area contributed by atoms with Crippen LogP contribution < -0.4 is 5.32 Å². The third kappa shape index (κ3) is 36.6. The molecular weight excluding hydrogens is 851 g/mol. The maximum Gasteiger partial charge on any atom is 0.220 e. The molecule has 1 rings (SSSR count). The minimum atomic E-state index is -1.57. The molecule has 68 heavy (non-hydrogen) atoms. The molecule has 0 aromatic rings. The van der Waals surface area contributed by atoms with Crippen molar-refractivity contribution in [1.29, 1.82) is 0 Å². The molecule has 1 aliphatic heterocycles. The predicted molar refractivity (Wildman–Crippen MR) is 285 cm³/mol. The first-order chi connectivity index (χ1) is 33.3. The lowest BCUT2D eigenvalue weighted by Gasteiger charge is -2.40. The van der Waals surface area contributed by atoms with Gasteiger partial charge in [0, 0.05) is 6.42 Å². The molecule has 1 aliphatic rings. The summed E-state index contributed by atoms with van der Waals surface area (Å²) in [4.78, 5) is 12.8. The molecular formula is C59H97NO8. The van der Waals surface area contributed by atoms with Gasteiger partial charge >= 0.3 is 0 Å². The highest BCUT2D eigenvalue weighted by atomic mass is 16.7. The van der Waals surface area contributed by atoms with Crippen LogP contribution in [0.3, 0.4) is 0 Å². The first-order valence-corrected chi connectivity index (χ1v) is 26.8. The second-order valence-electron chi connectivity index (χ2n) is 17.9. The van der Waals surface area contributed by atoms with Gasteiger partial charge in [-0.15, -0.1) is 0 Å². The lowest BCUT2D eigenvalue weighted by atomic mass is 9.99. The molecule has 0 radical (unpaired) electrons. The van der Waals surface area contributed by atoms with Crippen molar-refractivity contribution in [2.75, 3.05) is 13.2 Å². The zero-order valence-electron chi connectivity index (χ0n) is 42.6. The summed E-state index contributed by atoms with van der Waals surface area (Å²) in [6, 6.07) is -0.807. The fourth-order valence-corrected chi connectivity index (χ4v) is 7.54. The Hall–Kier alpha value is -3.41. The molecule has 0 aromatic heterocycles. The van der Waals surface area contributed by atoms with E-state index in [0.29, 0.717) is 6.42 Å². The molecule has 9 heteroatoms. The molecule has 6 N–H and O–H groups in total.